The van der Waals surface area contributed by atoms with Gasteiger partial charge in [-0.1, -0.05) is 26.0 Å². The van der Waals surface area contributed by atoms with E-state index in [9.17, 15) is 9.59 Å². The Bertz CT molecular complexity index is 746. The summed E-state index contributed by atoms with van der Waals surface area (Å²) < 4.78 is 10.7. The largest absolute Gasteiger partial charge is 0.482 e. The molecule has 0 radical (unpaired) electrons. The number of aryl methyl sites for hydroxylation is 1. The lowest BCUT2D eigenvalue weighted by molar-refractivity contribution is -0.139. The lowest BCUT2D eigenvalue weighted by atomic mass is 10.1. The first-order valence-electron chi connectivity index (χ1n) is 8.07. The highest BCUT2D eigenvalue weighted by molar-refractivity contribution is 5.95. The predicted molar refractivity (Wildman–Crippen MR) is 92.9 cm³/mol. The van der Waals surface area contributed by atoms with E-state index in [1.54, 1.807) is 31.0 Å². The van der Waals surface area contributed by atoms with Crippen molar-refractivity contribution in [1.29, 1.82) is 0 Å². The van der Waals surface area contributed by atoms with Crippen LogP contribution < -0.4 is 4.74 Å². The molecule has 0 unspecified atom stereocenters. The molecular formula is C19H23NO5. The molecule has 25 heavy (non-hydrogen) atoms. The fourth-order valence-corrected chi connectivity index (χ4v) is 2.39. The number of amides is 1. The standard InChI is InChI=1S/C19H23NO5/c1-12(2)17-9-16(13(3)25-17)19(23)20(4)10-14-5-7-15(8-6-14)24-11-18(21)22/h5-9,12H,10-11H2,1-4H3,(H,21,22). The average molecular weight is 345 g/mol. The number of ether oxygens (including phenoxy) is 1. The first-order valence-corrected chi connectivity index (χ1v) is 8.07. The monoisotopic (exact) mass is 345 g/mol. The Morgan fingerprint density at radius 1 is 1.24 bits per heavy atom. The number of carbonyl (C=O) groups excluding carboxylic acids is 1. The van der Waals surface area contributed by atoms with Gasteiger partial charge in [-0.25, -0.2) is 4.79 Å². The predicted octanol–water partition coefficient (Wildman–Crippen LogP) is 3.45. The number of carboxylic acids is 1. The van der Waals surface area contributed by atoms with Crippen molar-refractivity contribution in [3.05, 3.63) is 53.0 Å². The van der Waals surface area contributed by atoms with Gasteiger partial charge < -0.3 is 19.2 Å². The topological polar surface area (TPSA) is 80.0 Å². The van der Waals surface area contributed by atoms with Crippen LogP contribution in [0, 0.1) is 6.92 Å². The van der Waals surface area contributed by atoms with Gasteiger partial charge in [-0.3, -0.25) is 4.79 Å². The van der Waals surface area contributed by atoms with Crippen molar-refractivity contribution in [1.82, 2.24) is 4.90 Å². The zero-order valence-electron chi connectivity index (χ0n) is 14.9. The Morgan fingerprint density at radius 3 is 2.40 bits per heavy atom. The molecular weight excluding hydrogens is 322 g/mol. The Morgan fingerprint density at radius 2 is 1.88 bits per heavy atom. The third kappa shape index (κ3) is 4.86. The minimum atomic E-state index is -1.02. The third-order valence-corrected chi connectivity index (χ3v) is 3.79. The highest BCUT2D eigenvalue weighted by Gasteiger charge is 2.20. The molecule has 0 bridgehead atoms. The zero-order chi connectivity index (χ0) is 18.6. The summed E-state index contributed by atoms with van der Waals surface area (Å²) in [5.74, 6) is 1.01. The molecule has 0 aliphatic heterocycles. The van der Waals surface area contributed by atoms with E-state index in [0.717, 1.165) is 11.3 Å². The minimum Gasteiger partial charge on any atom is -0.482 e. The zero-order valence-corrected chi connectivity index (χ0v) is 14.9. The van der Waals surface area contributed by atoms with Gasteiger partial charge in [0.2, 0.25) is 0 Å². The molecule has 2 rings (SSSR count). The van der Waals surface area contributed by atoms with E-state index in [1.165, 1.54) is 0 Å². The van der Waals surface area contributed by atoms with Crippen LogP contribution in [0.4, 0.5) is 0 Å². The van der Waals surface area contributed by atoms with E-state index >= 15 is 0 Å². The number of rotatable bonds is 7. The van der Waals surface area contributed by atoms with Crippen LogP contribution in [0.25, 0.3) is 0 Å². The van der Waals surface area contributed by atoms with Crippen LogP contribution in [0.3, 0.4) is 0 Å². The number of hydrogen-bond acceptors (Lipinski definition) is 4. The molecule has 1 N–H and O–H groups in total. The second-order valence-electron chi connectivity index (χ2n) is 6.26. The molecule has 2 aromatic rings. The molecule has 0 spiro atoms. The van der Waals surface area contributed by atoms with E-state index in [0.29, 0.717) is 23.6 Å². The molecule has 6 heteroatoms. The van der Waals surface area contributed by atoms with E-state index in [4.69, 9.17) is 14.3 Å². The minimum absolute atomic E-state index is 0.0978. The van der Waals surface area contributed by atoms with Gasteiger partial charge in [0.1, 0.15) is 17.3 Å². The Labute approximate surface area is 147 Å². The van der Waals surface area contributed by atoms with Gasteiger partial charge in [-0.05, 0) is 30.7 Å². The Hall–Kier alpha value is -2.76. The summed E-state index contributed by atoms with van der Waals surface area (Å²) in [5.41, 5.74) is 1.50. The first-order chi connectivity index (χ1) is 11.8. The highest BCUT2D eigenvalue weighted by atomic mass is 16.5. The van der Waals surface area contributed by atoms with Crippen molar-refractivity contribution in [2.75, 3.05) is 13.7 Å². The molecule has 1 heterocycles. The van der Waals surface area contributed by atoms with Gasteiger partial charge in [0.15, 0.2) is 6.61 Å². The summed E-state index contributed by atoms with van der Waals surface area (Å²) in [7, 11) is 1.73. The molecule has 0 aliphatic carbocycles. The van der Waals surface area contributed by atoms with Crippen LogP contribution >= 0.6 is 0 Å². The molecule has 0 fully saturated rings. The summed E-state index contributed by atoms with van der Waals surface area (Å²) in [6, 6.07) is 8.81. The molecule has 0 atom stereocenters. The molecule has 6 nitrogen and oxygen atoms in total. The van der Waals surface area contributed by atoms with Crippen molar-refractivity contribution in [2.24, 2.45) is 0 Å². The van der Waals surface area contributed by atoms with Crippen LogP contribution in [0.15, 0.2) is 34.7 Å². The fourth-order valence-electron chi connectivity index (χ4n) is 2.39. The molecule has 1 aromatic heterocycles. The summed E-state index contributed by atoms with van der Waals surface area (Å²) in [4.78, 5) is 24.7. The Balaban J connectivity index is 2.02. The maximum absolute atomic E-state index is 12.6. The molecule has 1 amide bonds. The van der Waals surface area contributed by atoms with Gasteiger partial charge in [0, 0.05) is 19.5 Å². The molecule has 0 aliphatic rings. The number of carbonyl (C=O) groups is 2. The fraction of sp³-hybridized carbons (Fsp3) is 0.368. The average Bonchev–Trinajstić information content (AvgIpc) is 2.95. The van der Waals surface area contributed by atoms with Gasteiger partial charge in [-0.2, -0.15) is 0 Å². The van der Waals surface area contributed by atoms with Crippen LogP contribution in [0.1, 0.15) is 47.2 Å². The van der Waals surface area contributed by atoms with Crippen LogP contribution in [0.5, 0.6) is 5.75 Å². The van der Waals surface area contributed by atoms with E-state index < -0.39 is 5.97 Å². The lowest BCUT2D eigenvalue weighted by Crippen LogP contribution is -2.26. The third-order valence-electron chi connectivity index (χ3n) is 3.79. The second kappa shape index (κ2) is 7.88. The second-order valence-corrected chi connectivity index (χ2v) is 6.26. The van der Waals surface area contributed by atoms with E-state index in [2.05, 4.69) is 0 Å². The Kier molecular flexibility index (Phi) is 5.85. The quantitative estimate of drug-likeness (QED) is 0.831. The van der Waals surface area contributed by atoms with Crippen LogP contribution in [-0.4, -0.2) is 35.5 Å². The number of nitrogens with zero attached hydrogens (tertiary/aromatic N) is 1. The van der Waals surface area contributed by atoms with Crippen molar-refractivity contribution >= 4 is 11.9 Å². The van der Waals surface area contributed by atoms with Crippen LogP contribution in [-0.2, 0) is 11.3 Å². The smallest absolute Gasteiger partial charge is 0.341 e. The maximum Gasteiger partial charge on any atom is 0.341 e. The van der Waals surface area contributed by atoms with Gasteiger partial charge >= 0.3 is 5.97 Å². The SMILES string of the molecule is Cc1oc(C(C)C)cc1C(=O)N(C)Cc1ccc(OCC(=O)O)cc1. The number of furan rings is 1. The number of hydrogen-bond donors (Lipinski definition) is 1. The highest BCUT2D eigenvalue weighted by Crippen LogP contribution is 2.23. The van der Waals surface area contributed by atoms with E-state index in [1.807, 2.05) is 32.0 Å². The van der Waals surface area contributed by atoms with Gasteiger partial charge in [0.25, 0.3) is 5.91 Å². The summed E-state index contributed by atoms with van der Waals surface area (Å²) in [6.07, 6.45) is 0. The first kappa shape index (κ1) is 18.6. The molecule has 1 aromatic carbocycles. The van der Waals surface area contributed by atoms with Crippen molar-refractivity contribution < 1.29 is 23.8 Å². The molecule has 0 saturated carbocycles. The summed E-state index contributed by atoms with van der Waals surface area (Å²) in [5, 5.41) is 8.60. The van der Waals surface area contributed by atoms with Gasteiger partial charge in [0.05, 0.1) is 5.56 Å². The van der Waals surface area contributed by atoms with Crippen molar-refractivity contribution in [3.8, 4) is 5.75 Å². The van der Waals surface area contributed by atoms with E-state index in [-0.39, 0.29) is 18.4 Å². The lowest BCUT2D eigenvalue weighted by Gasteiger charge is -2.17. The number of carboxylic acid groups (broad SMARTS) is 1. The normalized spacial score (nSPS) is 10.8. The molecule has 0 saturated heterocycles. The molecule has 134 valence electrons. The van der Waals surface area contributed by atoms with Gasteiger partial charge in [-0.15, -0.1) is 0 Å². The van der Waals surface area contributed by atoms with Crippen molar-refractivity contribution in [2.45, 2.75) is 33.2 Å². The van der Waals surface area contributed by atoms with Crippen molar-refractivity contribution in [3.63, 3.8) is 0 Å². The number of aliphatic carboxylic acids is 1. The maximum atomic E-state index is 12.6. The number of benzene rings is 1. The summed E-state index contributed by atoms with van der Waals surface area (Å²) >= 11 is 0. The van der Waals surface area contributed by atoms with Crippen LogP contribution in [0.2, 0.25) is 0 Å². The summed E-state index contributed by atoms with van der Waals surface area (Å²) in [6.45, 7) is 5.88.